The van der Waals surface area contributed by atoms with Gasteiger partial charge < -0.3 is 10.2 Å². The molecule has 0 saturated carbocycles. The molecule has 0 aromatic rings. The summed E-state index contributed by atoms with van der Waals surface area (Å²) in [5, 5.41) is 3.29. The monoisotopic (exact) mass is 158 g/mol. The molecule has 0 aliphatic carbocycles. The molecule has 1 heterocycles. The molecule has 1 aliphatic heterocycles. The van der Waals surface area contributed by atoms with Crippen LogP contribution >= 0.6 is 0 Å². The summed E-state index contributed by atoms with van der Waals surface area (Å²) in [6.07, 6.45) is 1.26. The lowest BCUT2D eigenvalue weighted by Crippen LogP contribution is -2.66. The maximum absolute atomic E-state index is 3.29. The zero-order valence-corrected chi connectivity index (χ0v) is 8.57. The van der Waals surface area contributed by atoms with Crippen LogP contribution in [-0.2, 0) is 0 Å². The van der Waals surface area contributed by atoms with Crippen LogP contribution in [0.25, 0.3) is 0 Å². The molecule has 0 unspecified atom stereocenters. The normalized spacial score (nSPS) is 20.2. The Hall–Kier alpha value is -0.0800. The van der Waals surface area contributed by atoms with E-state index in [1.165, 1.54) is 6.42 Å². The number of hydrogen-bond donors (Lipinski definition) is 1. The third kappa shape index (κ3) is 2.17. The molecular formula is C9H22N2. The first-order valence-corrected chi connectivity index (χ1v) is 4.59. The van der Waals surface area contributed by atoms with E-state index in [0.29, 0.717) is 5.54 Å². The van der Waals surface area contributed by atoms with Gasteiger partial charge in [-0.2, -0.15) is 0 Å². The van der Waals surface area contributed by atoms with Crippen molar-refractivity contribution in [3.05, 3.63) is 0 Å². The number of nitrogens with one attached hydrogen (secondary N) is 1. The van der Waals surface area contributed by atoms with Crippen molar-refractivity contribution in [2.75, 3.05) is 27.2 Å². The van der Waals surface area contributed by atoms with Gasteiger partial charge in [-0.05, 0) is 20.5 Å². The van der Waals surface area contributed by atoms with Crippen LogP contribution in [0, 0.1) is 0 Å². The molecule has 0 radical (unpaired) electrons. The van der Waals surface area contributed by atoms with Gasteiger partial charge in [0.2, 0.25) is 0 Å². The smallest absolute Gasteiger partial charge is 0.0449 e. The average molecular weight is 158 g/mol. The van der Waals surface area contributed by atoms with Crippen LogP contribution in [0.3, 0.4) is 0 Å². The number of nitrogens with zero attached hydrogens (tertiary/aromatic N) is 1. The maximum Gasteiger partial charge on any atom is 0.0449 e. The largest absolute Gasteiger partial charge is 0.313 e. The molecule has 1 saturated heterocycles. The van der Waals surface area contributed by atoms with Crippen molar-refractivity contribution in [2.24, 2.45) is 0 Å². The Morgan fingerprint density at radius 2 is 1.73 bits per heavy atom. The van der Waals surface area contributed by atoms with Crippen molar-refractivity contribution in [3.8, 4) is 0 Å². The quantitative estimate of drug-likeness (QED) is 0.652. The molecule has 1 rings (SSSR count). The molecule has 0 bridgehead atoms. The second-order valence-corrected chi connectivity index (χ2v) is 3.08. The second kappa shape index (κ2) is 4.73. The van der Waals surface area contributed by atoms with E-state index in [-0.39, 0.29) is 0 Å². The fourth-order valence-electron chi connectivity index (χ4n) is 1.30. The van der Waals surface area contributed by atoms with Crippen LogP contribution in [0.5, 0.6) is 0 Å². The fraction of sp³-hybridized carbons (Fsp3) is 1.00. The van der Waals surface area contributed by atoms with Gasteiger partial charge in [0.1, 0.15) is 0 Å². The van der Waals surface area contributed by atoms with E-state index in [0.717, 1.165) is 13.1 Å². The Labute approximate surface area is 71.0 Å². The predicted molar refractivity (Wildman–Crippen MR) is 50.9 cm³/mol. The summed E-state index contributed by atoms with van der Waals surface area (Å²) in [6, 6.07) is 0. The van der Waals surface area contributed by atoms with E-state index in [9.17, 15) is 0 Å². The van der Waals surface area contributed by atoms with Gasteiger partial charge in [0.25, 0.3) is 0 Å². The van der Waals surface area contributed by atoms with E-state index in [2.05, 4.69) is 31.2 Å². The zero-order chi connectivity index (χ0) is 8.91. The van der Waals surface area contributed by atoms with Gasteiger partial charge in [-0.3, -0.25) is 0 Å². The summed E-state index contributed by atoms with van der Waals surface area (Å²) in [4.78, 5) is 2.32. The molecule has 0 aromatic heterocycles. The van der Waals surface area contributed by atoms with Gasteiger partial charge >= 0.3 is 0 Å². The molecule has 2 heteroatoms. The minimum absolute atomic E-state index is 0.486. The van der Waals surface area contributed by atoms with Crippen molar-refractivity contribution in [2.45, 2.75) is 32.7 Å². The van der Waals surface area contributed by atoms with Crippen LogP contribution in [0.2, 0.25) is 0 Å². The Morgan fingerprint density at radius 3 is 1.73 bits per heavy atom. The molecule has 1 fully saturated rings. The summed E-state index contributed by atoms with van der Waals surface area (Å²) in [6.45, 7) is 8.58. The molecule has 0 spiro atoms. The molecule has 2 nitrogen and oxygen atoms in total. The van der Waals surface area contributed by atoms with Crippen LogP contribution in [0.15, 0.2) is 0 Å². The van der Waals surface area contributed by atoms with Gasteiger partial charge in [0, 0.05) is 18.6 Å². The predicted octanol–water partition coefficient (Wildman–Crippen LogP) is 1.33. The highest BCUT2D eigenvalue weighted by Gasteiger charge is 2.36. The van der Waals surface area contributed by atoms with Gasteiger partial charge in [-0.25, -0.2) is 0 Å². The average Bonchev–Trinajstić information content (AvgIpc) is 1.90. The van der Waals surface area contributed by atoms with E-state index < -0.39 is 0 Å². The van der Waals surface area contributed by atoms with Gasteiger partial charge in [-0.15, -0.1) is 0 Å². The third-order valence-corrected chi connectivity index (χ3v) is 2.51. The van der Waals surface area contributed by atoms with Gasteiger partial charge in [-0.1, -0.05) is 20.8 Å². The molecule has 1 aliphatic rings. The van der Waals surface area contributed by atoms with E-state index in [1.54, 1.807) is 0 Å². The molecule has 0 amide bonds. The summed E-state index contributed by atoms with van der Waals surface area (Å²) in [5.41, 5.74) is 0.486. The summed E-state index contributed by atoms with van der Waals surface area (Å²) in [7, 11) is 4.31. The highest BCUT2D eigenvalue weighted by atomic mass is 15.2. The van der Waals surface area contributed by atoms with Crippen molar-refractivity contribution in [1.29, 1.82) is 0 Å². The minimum atomic E-state index is 0.486. The van der Waals surface area contributed by atoms with Crippen LogP contribution in [0.4, 0.5) is 0 Å². The maximum atomic E-state index is 3.29. The standard InChI is InChI=1S/C7H16N2.C2H6/c1-4-7(9(2)3)5-8-6-7;1-2/h8H,4-6H2,1-3H3;1-2H3. The second-order valence-electron chi connectivity index (χ2n) is 3.08. The van der Waals surface area contributed by atoms with Crippen molar-refractivity contribution >= 4 is 0 Å². The third-order valence-electron chi connectivity index (χ3n) is 2.51. The molecule has 0 atom stereocenters. The van der Waals surface area contributed by atoms with E-state index in [1.807, 2.05) is 13.8 Å². The lowest BCUT2D eigenvalue weighted by Gasteiger charge is -2.47. The van der Waals surface area contributed by atoms with Crippen molar-refractivity contribution in [1.82, 2.24) is 10.2 Å². The minimum Gasteiger partial charge on any atom is -0.313 e. The molecular weight excluding hydrogens is 136 g/mol. The topological polar surface area (TPSA) is 15.3 Å². The zero-order valence-electron chi connectivity index (χ0n) is 8.57. The van der Waals surface area contributed by atoms with Crippen LogP contribution in [-0.4, -0.2) is 37.6 Å². The lowest BCUT2D eigenvalue weighted by atomic mass is 9.88. The molecule has 0 aromatic carbocycles. The summed E-state index contributed by atoms with van der Waals surface area (Å²) < 4.78 is 0. The van der Waals surface area contributed by atoms with Crippen molar-refractivity contribution < 1.29 is 0 Å². The van der Waals surface area contributed by atoms with Crippen LogP contribution < -0.4 is 5.32 Å². The number of rotatable bonds is 2. The van der Waals surface area contributed by atoms with E-state index >= 15 is 0 Å². The first kappa shape index (κ1) is 10.9. The number of hydrogen-bond acceptors (Lipinski definition) is 2. The van der Waals surface area contributed by atoms with Gasteiger partial charge in [0.15, 0.2) is 0 Å². The van der Waals surface area contributed by atoms with Gasteiger partial charge in [0.05, 0.1) is 0 Å². The summed E-state index contributed by atoms with van der Waals surface area (Å²) >= 11 is 0. The highest BCUT2D eigenvalue weighted by Crippen LogP contribution is 2.20. The fourth-order valence-corrected chi connectivity index (χ4v) is 1.30. The highest BCUT2D eigenvalue weighted by molar-refractivity contribution is 4.98. The Bertz CT molecular complexity index is 90.2. The SMILES string of the molecule is CC.CCC1(N(C)C)CNC1. The van der Waals surface area contributed by atoms with E-state index in [4.69, 9.17) is 0 Å². The number of likely N-dealkylation sites (N-methyl/N-ethyl adjacent to an activating group) is 1. The first-order valence-electron chi connectivity index (χ1n) is 4.59. The first-order chi connectivity index (χ1) is 5.21. The van der Waals surface area contributed by atoms with Crippen molar-refractivity contribution in [3.63, 3.8) is 0 Å². The summed E-state index contributed by atoms with van der Waals surface area (Å²) in [5.74, 6) is 0. The Kier molecular flexibility index (Phi) is 4.69. The molecule has 68 valence electrons. The Balaban J connectivity index is 0.000000461. The lowest BCUT2D eigenvalue weighted by molar-refractivity contribution is 0.0813. The van der Waals surface area contributed by atoms with Crippen LogP contribution in [0.1, 0.15) is 27.2 Å². The molecule has 1 N–H and O–H groups in total. The Morgan fingerprint density at radius 1 is 1.27 bits per heavy atom. The molecule has 11 heavy (non-hydrogen) atoms.